The smallest absolute Gasteiger partial charge is 0.264 e. The van der Waals surface area contributed by atoms with Crippen molar-refractivity contribution in [1.29, 1.82) is 0 Å². The Labute approximate surface area is 132 Å². The standard InChI is InChI=1S/C15H21IN2O2/c16-13-14(10-5-1-2-6-10)17-12(18-15(13)19)9-11-7-3-4-8-20-11/h10-11H,1-9H2,(H,17,18,19). The van der Waals surface area contributed by atoms with Gasteiger partial charge in [0.1, 0.15) is 5.82 Å². The van der Waals surface area contributed by atoms with Crippen molar-refractivity contribution in [3.63, 3.8) is 0 Å². The number of halogens is 1. The molecule has 0 bridgehead atoms. The number of rotatable bonds is 3. The zero-order valence-electron chi connectivity index (χ0n) is 11.7. The Morgan fingerprint density at radius 1 is 1.20 bits per heavy atom. The second-order valence-corrected chi connectivity index (χ2v) is 6.96. The molecular weight excluding hydrogens is 367 g/mol. The molecule has 5 heteroatoms. The van der Waals surface area contributed by atoms with E-state index in [9.17, 15) is 4.79 Å². The number of aromatic nitrogens is 2. The molecule has 1 aliphatic heterocycles. The van der Waals surface area contributed by atoms with Crippen LogP contribution in [0.5, 0.6) is 0 Å². The highest BCUT2D eigenvalue weighted by Crippen LogP contribution is 2.34. The summed E-state index contributed by atoms with van der Waals surface area (Å²) in [6.45, 7) is 0.842. The molecule has 1 aromatic heterocycles. The van der Waals surface area contributed by atoms with Crippen LogP contribution in [0.3, 0.4) is 0 Å². The predicted molar refractivity (Wildman–Crippen MR) is 86.1 cm³/mol. The van der Waals surface area contributed by atoms with E-state index in [0.717, 1.165) is 41.0 Å². The molecule has 20 heavy (non-hydrogen) atoms. The lowest BCUT2D eigenvalue weighted by Crippen LogP contribution is -2.26. The van der Waals surface area contributed by atoms with Crippen LogP contribution >= 0.6 is 22.6 Å². The van der Waals surface area contributed by atoms with Crippen LogP contribution in [0.1, 0.15) is 62.4 Å². The maximum Gasteiger partial charge on any atom is 0.264 e. The molecule has 1 saturated heterocycles. The van der Waals surface area contributed by atoms with E-state index in [4.69, 9.17) is 9.72 Å². The van der Waals surface area contributed by atoms with Crippen LogP contribution in [-0.2, 0) is 11.2 Å². The summed E-state index contributed by atoms with van der Waals surface area (Å²) in [5.74, 6) is 1.29. The Kier molecular flexibility index (Phi) is 4.75. The predicted octanol–water partition coefficient (Wildman–Crippen LogP) is 3.14. The van der Waals surface area contributed by atoms with E-state index >= 15 is 0 Å². The van der Waals surface area contributed by atoms with Crippen LogP contribution < -0.4 is 5.56 Å². The summed E-state index contributed by atoms with van der Waals surface area (Å²) in [4.78, 5) is 19.8. The van der Waals surface area contributed by atoms with Crippen molar-refractivity contribution >= 4 is 22.6 Å². The fourth-order valence-corrected chi connectivity index (χ4v) is 3.97. The second-order valence-electron chi connectivity index (χ2n) is 5.89. The molecule has 0 amide bonds. The third kappa shape index (κ3) is 3.24. The van der Waals surface area contributed by atoms with Gasteiger partial charge in [0.25, 0.3) is 5.56 Å². The zero-order chi connectivity index (χ0) is 13.9. The quantitative estimate of drug-likeness (QED) is 0.810. The summed E-state index contributed by atoms with van der Waals surface area (Å²) in [6.07, 6.45) is 9.28. The number of H-pyrrole nitrogens is 1. The molecule has 1 saturated carbocycles. The first-order valence-electron chi connectivity index (χ1n) is 7.64. The summed E-state index contributed by atoms with van der Waals surface area (Å²) >= 11 is 2.14. The van der Waals surface area contributed by atoms with Gasteiger partial charge >= 0.3 is 0 Å². The first kappa shape index (κ1) is 14.5. The SMILES string of the molecule is O=c1[nH]c(CC2CCCCO2)nc(C2CCCC2)c1I. The minimum Gasteiger partial charge on any atom is -0.378 e. The van der Waals surface area contributed by atoms with E-state index in [2.05, 4.69) is 27.6 Å². The minimum absolute atomic E-state index is 0.0216. The molecule has 3 rings (SSSR count). The van der Waals surface area contributed by atoms with Crippen LogP contribution in [0.15, 0.2) is 4.79 Å². The van der Waals surface area contributed by atoms with Crippen LogP contribution in [0, 0.1) is 3.57 Å². The first-order valence-corrected chi connectivity index (χ1v) is 8.72. The Morgan fingerprint density at radius 3 is 2.65 bits per heavy atom. The van der Waals surface area contributed by atoms with Crippen molar-refractivity contribution in [3.05, 3.63) is 25.4 Å². The average molecular weight is 388 g/mol. The van der Waals surface area contributed by atoms with Crippen molar-refractivity contribution in [2.75, 3.05) is 6.61 Å². The molecule has 1 atom stereocenters. The monoisotopic (exact) mass is 388 g/mol. The van der Waals surface area contributed by atoms with E-state index in [1.54, 1.807) is 0 Å². The maximum atomic E-state index is 12.1. The first-order chi connectivity index (χ1) is 9.74. The molecule has 1 unspecified atom stereocenters. The van der Waals surface area contributed by atoms with Crippen LogP contribution in [-0.4, -0.2) is 22.7 Å². The van der Waals surface area contributed by atoms with Crippen molar-refractivity contribution in [2.45, 2.75) is 63.4 Å². The lowest BCUT2D eigenvalue weighted by Gasteiger charge is -2.22. The van der Waals surface area contributed by atoms with Gasteiger partial charge in [0.05, 0.1) is 15.4 Å². The van der Waals surface area contributed by atoms with Gasteiger partial charge in [-0.2, -0.15) is 0 Å². The van der Waals surface area contributed by atoms with Gasteiger partial charge in [-0.15, -0.1) is 0 Å². The lowest BCUT2D eigenvalue weighted by atomic mass is 10.0. The molecule has 0 aromatic carbocycles. The van der Waals surface area contributed by atoms with Crippen molar-refractivity contribution in [1.82, 2.24) is 9.97 Å². The van der Waals surface area contributed by atoms with Crippen molar-refractivity contribution < 1.29 is 4.74 Å². The molecule has 110 valence electrons. The summed E-state index contributed by atoms with van der Waals surface area (Å²) in [6, 6.07) is 0. The molecule has 2 heterocycles. The van der Waals surface area contributed by atoms with Gasteiger partial charge in [0.2, 0.25) is 0 Å². The summed E-state index contributed by atoms with van der Waals surface area (Å²) < 4.78 is 6.53. The van der Waals surface area contributed by atoms with Gasteiger partial charge in [0, 0.05) is 18.9 Å². The normalized spacial score (nSPS) is 24.1. The van der Waals surface area contributed by atoms with E-state index < -0.39 is 0 Å². The van der Waals surface area contributed by atoms with E-state index in [1.165, 1.54) is 32.1 Å². The van der Waals surface area contributed by atoms with Gasteiger partial charge in [-0.1, -0.05) is 12.8 Å². The van der Waals surface area contributed by atoms with Gasteiger partial charge in [-0.25, -0.2) is 4.98 Å². The zero-order valence-corrected chi connectivity index (χ0v) is 13.8. The minimum atomic E-state index is 0.0216. The average Bonchev–Trinajstić information content (AvgIpc) is 2.98. The summed E-state index contributed by atoms with van der Waals surface area (Å²) in [5.41, 5.74) is 1.05. The number of hydrogen-bond acceptors (Lipinski definition) is 3. The van der Waals surface area contributed by atoms with E-state index in [0.29, 0.717) is 5.92 Å². The van der Waals surface area contributed by atoms with Crippen molar-refractivity contribution in [2.24, 2.45) is 0 Å². The lowest BCUT2D eigenvalue weighted by molar-refractivity contribution is 0.0155. The molecule has 0 spiro atoms. The highest BCUT2D eigenvalue weighted by atomic mass is 127. The van der Waals surface area contributed by atoms with Gasteiger partial charge < -0.3 is 9.72 Å². The van der Waals surface area contributed by atoms with Crippen LogP contribution in [0.4, 0.5) is 0 Å². The molecule has 0 radical (unpaired) electrons. The van der Waals surface area contributed by atoms with E-state index in [1.807, 2.05) is 0 Å². The molecule has 2 aliphatic rings. The number of hydrogen-bond donors (Lipinski definition) is 1. The number of nitrogens with zero attached hydrogens (tertiary/aromatic N) is 1. The van der Waals surface area contributed by atoms with Crippen molar-refractivity contribution in [3.8, 4) is 0 Å². The molecular formula is C15H21IN2O2. The third-order valence-corrected chi connectivity index (χ3v) is 5.42. The Morgan fingerprint density at radius 2 is 1.95 bits per heavy atom. The number of nitrogens with one attached hydrogen (secondary N) is 1. The highest BCUT2D eigenvalue weighted by molar-refractivity contribution is 14.1. The fraction of sp³-hybridized carbons (Fsp3) is 0.733. The third-order valence-electron chi connectivity index (χ3n) is 4.37. The Bertz CT molecular complexity index is 517. The largest absolute Gasteiger partial charge is 0.378 e. The van der Waals surface area contributed by atoms with Gasteiger partial charge in [-0.3, -0.25) is 4.79 Å². The molecule has 1 N–H and O–H groups in total. The number of aromatic amines is 1. The summed E-state index contributed by atoms with van der Waals surface area (Å²) in [7, 11) is 0. The van der Waals surface area contributed by atoms with Gasteiger partial charge in [0.15, 0.2) is 0 Å². The topological polar surface area (TPSA) is 55.0 Å². The maximum absolute atomic E-state index is 12.1. The fourth-order valence-electron chi connectivity index (χ4n) is 3.28. The molecule has 1 aromatic rings. The molecule has 2 fully saturated rings. The molecule has 4 nitrogen and oxygen atoms in total. The van der Waals surface area contributed by atoms with Gasteiger partial charge in [-0.05, 0) is 54.7 Å². The van der Waals surface area contributed by atoms with E-state index in [-0.39, 0.29) is 11.7 Å². The Hall–Kier alpha value is -0.430. The second kappa shape index (κ2) is 6.56. The Balaban J connectivity index is 1.81. The molecule has 1 aliphatic carbocycles. The van der Waals surface area contributed by atoms with Crippen LogP contribution in [0.25, 0.3) is 0 Å². The highest BCUT2D eigenvalue weighted by Gasteiger charge is 2.24. The summed E-state index contributed by atoms with van der Waals surface area (Å²) in [5, 5.41) is 0. The number of ether oxygens (including phenoxy) is 1. The van der Waals surface area contributed by atoms with Crippen LogP contribution in [0.2, 0.25) is 0 Å².